The third-order valence-corrected chi connectivity index (χ3v) is 2.92. The average Bonchev–Trinajstić information content (AvgIpc) is 2.24. The molecule has 4 nitrogen and oxygen atoms in total. The van der Waals surface area contributed by atoms with Gasteiger partial charge in [0.05, 0.1) is 0 Å². The van der Waals surface area contributed by atoms with Crippen molar-refractivity contribution in [3.05, 3.63) is 0 Å². The van der Waals surface area contributed by atoms with E-state index in [1.807, 2.05) is 0 Å². The Morgan fingerprint density at radius 1 is 0.810 bits per heavy atom. The molecule has 0 radical (unpaired) electrons. The van der Waals surface area contributed by atoms with Crippen molar-refractivity contribution < 1.29 is 56.9 Å². The molecule has 0 aromatic carbocycles. The lowest BCUT2D eigenvalue weighted by molar-refractivity contribution is -0.323. The van der Waals surface area contributed by atoms with Gasteiger partial charge in [-0.1, -0.05) is 0 Å². The predicted molar refractivity (Wildman–Crippen MR) is 47.6 cm³/mol. The lowest BCUT2D eigenvalue weighted by Gasteiger charge is -2.31. The van der Waals surface area contributed by atoms with E-state index in [0.717, 1.165) is 0 Å². The molecule has 14 heteroatoms. The molecule has 0 aromatic heterocycles. The van der Waals surface area contributed by atoms with E-state index in [-0.39, 0.29) is 0 Å². The lowest BCUT2D eigenvalue weighted by Crippen LogP contribution is -2.58. The highest BCUT2D eigenvalue weighted by Gasteiger charge is 2.72. The highest BCUT2D eigenvalue weighted by Crippen LogP contribution is 2.46. The SMILES string of the molecule is COCC(F)(F)C(F)(F)C(F)(F)COS(=O)(=O)C(F)(F)F. The molecule has 0 aromatic rings. The fourth-order valence-corrected chi connectivity index (χ4v) is 1.29. The van der Waals surface area contributed by atoms with Gasteiger partial charge in [-0.05, 0) is 0 Å². The Labute approximate surface area is 111 Å². The predicted octanol–water partition coefficient (Wildman–Crippen LogP) is 2.40. The van der Waals surface area contributed by atoms with Crippen LogP contribution in [0.15, 0.2) is 0 Å². The average molecular weight is 358 g/mol. The van der Waals surface area contributed by atoms with Gasteiger partial charge in [0, 0.05) is 7.11 Å². The molecule has 0 bridgehead atoms. The van der Waals surface area contributed by atoms with Gasteiger partial charge in [-0.15, -0.1) is 0 Å². The highest BCUT2D eigenvalue weighted by molar-refractivity contribution is 7.87. The van der Waals surface area contributed by atoms with Crippen LogP contribution < -0.4 is 0 Å². The summed E-state index contributed by atoms with van der Waals surface area (Å²) in [6.45, 7) is -5.30. The van der Waals surface area contributed by atoms with Crippen molar-refractivity contribution in [3.63, 3.8) is 0 Å². The third kappa shape index (κ3) is 4.12. The molecule has 0 aliphatic rings. The first-order valence-electron chi connectivity index (χ1n) is 4.60. The van der Waals surface area contributed by atoms with Crippen LogP contribution in [0.2, 0.25) is 0 Å². The maximum Gasteiger partial charge on any atom is 0.523 e. The van der Waals surface area contributed by atoms with Gasteiger partial charge in [-0.25, -0.2) is 0 Å². The number of hydrogen-bond acceptors (Lipinski definition) is 4. The maximum absolute atomic E-state index is 12.9. The molecule has 0 N–H and O–H groups in total. The van der Waals surface area contributed by atoms with Crippen LogP contribution in [0, 0.1) is 0 Å². The molecule has 0 rings (SSSR count). The smallest absolute Gasteiger partial charge is 0.378 e. The van der Waals surface area contributed by atoms with Crippen LogP contribution >= 0.6 is 0 Å². The van der Waals surface area contributed by atoms with Crippen molar-refractivity contribution in [2.45, 2.75) is 23.3 Å². The molecule has 0 saturated carbocycles. The first-order valence-corrected chi connectivity index (χ1v) is 6.01. The normalized spacial score (nSPS) is 15.3. The first kappa shape index (κ1) is 20.2. The summed E-state index contributed by atoms with van der Waals surface area (Å²) in [6, 6.07) is 0. The fourth-order valence-electron chi connectivity index (χ4n) is 0.849. The Morgan fingerprint density at radius 3 is 1.52 bits per heavy atom. The second kappa shape index (κ2) is 5.79. The minimum Gasteiger partial charge on any atom is -0.378 e. The zero-order valence-corrected chi connectivity index (χ0v) is 10.7. The Hall–Kier alpha value is -0.760. The van der Waals surface area contributed by atoms with Crippen LogP contribution in [-0.2, 0) is 19.0 Å². The van der Waals surface area contributed by atoms with Crippen LogP contribution in [0.5, 0.6) is 0 Å². The van der Waals surface area contributed by atoms with Crippen molar-refractivity contribution in [2.75, 3.05) is 20.3 Å². The third-order valence-electron chi connectivity index (χ3n) is 1.92. The van der Waals surface area contributed by atoms with E-state index < -0.39 is 46.6 Å². The second-order valence-corrected chi connectivity index (χ2v) is 5.19. The van der Waals surface area contributed by atoms with Crippen LogP contribution in [0.1, 0.15) is 0 Å². The molecule has 0 spiro atoms. The highest BCUT2D eigenvalue weighted by atomic mass is 32.2. The molecular formula is C7H7F9O4S. The zero-order valence-electron chi connectivity index (χ0n) is 9.86. The zero-order chi connectivity index (χ0) is 17.3. The van der Waals surface area contributed by atoms with Gasteiger partial charge in [0.25, 0.3) is 0 Å². The number of ether oxygens (including phenoxy) is 1. The van der Waals surface area contributed by atoms with Crippen molar-refractivity contribution in [1.29, 1.82) is 0 Å². The van der Waals surface area contributed by atoms with E-state index in [1.54, 1.807) is 0 Å². The molecule has 21 heavy (non-hydrogen) atoms. The summed E-state index contributed by atoms with van der Waals surface area (Å²) in [6.07, 6.45) is 0. The van der Waals surface area contributed by atoms with Crippen LogP contribution in [0.3, 0.4) is 0 Å². The van der Waals surface area contributed by atoms with Crippen molar-refractivity contribution in [1.82, 2.24) is 0 Å². The molecule has 0 fully saturated rings. The van der Waals surface area contributed by atoms with E-state index in [4.69, 9.17) is 0 Å². The van der Waals surface area contributed by atoms with E-state index in [9.17, 15) is 47.9 Å². The van der Waals surface area contributed by atoms with Gasteiger partial charge < -0.3 is 4.74 Å². The fraction of sp³-hybridized carbons (Fsp3) is 1.00. The van der Waals surface area contributed by atoms with E-state index in [2.05, 4.69) is 8.92 Å². The summed E-state index contributed by atoms with van der Waals surface area (Å²) in [4.78, 5) is 0. The van der Waals surface area contributed by atoms with Gasteiger partial charge in [0.1, 0.15) is 13.2 Å². The Balaban J connectivity index is 5.24. The Bertz CT molecular complexity index is 455. The maximum atomic E-state index is 12.9. The monoisotopic (exact) mass is 358 g/mol. The summed E-state index contributed by atoms with van der Waals surface area (Å²) in [5.41, 5.74) is -6.17. The van der Waals surface area contributed by atoms with Gasteiger partial charge in [-0.2, -0.15) is 47.9 Å². The van der Waals surface area contributed by atoms with E-state index >= 15 is 0 Å². The van der Waals surface area contributed by atoms with Gasteiger partial charge in [0.2, 0.25) is 0 Å². The minimum absolute atomic E-state index is 0.479. The van der Waals surface area contributed by atoms with E-state index in [0.29, 0.717) is 7.11 Å². The number of methoxy groups -OCH3 is 1. The Kier molecular flexibility index (Phi) is 5.58. The standard InChI is InChI=1S/C7H7F9O4S/c1-19-2-4(8,9)6(12,13)5(10,11)3-20-21(17,18)7(14,15)16/h2-3H2,1H3. The second-order valence-electron chi connectivity index (χ2n) is 3.58. The van der Waals surface area contributed by atoms with Crippen molar-refractivity contribution >= 4 is 10.1 Å². The first-order chi connectivity index (χ1) is 9.02. The number of rotatable bonds is 7. The van der Waals surface area contributed by atoms with Crippen molar-refractivity contribution in [2.24, 2.45) is 0 Å². The van der Waals surface area contributed by atoms with Gasteiger partial charge in [0.15, 0.2) is 0 Å². The molecule has 128 valence electrons. The molecule has 0 unspecified atom stereocenters. The molecular weight excluding hydrogens is 351 g/mol. The van der Waals surface area contributed by atoms with Gasteiger partial charge >= 0.3 is 33.4 Å². The van der Waals surface area contributed by atoms with Crippen LogP contribution in [-0.4, -0.2) is 52.0 Å². The molecule has 0 aliphatic heterocycles. The van der Waals surface area contributed by atoms with Gasteiger partial charge in [-0.3, -0.25) is 4.18 Å². The summed E-state index contributed by atoms with van der Waals surface area (Å²) in [7, 11) is -6.16. The van der Waals surface area contributed by atoms with E-state index in [1.165, 1.54) is 0 Å². The Morgan fingerprint density at radius 2 is 1.19 bits per heavy atom. The largest absolute Gasteiger partial charge is 0.523 e. The summed E-state index contributed by atoms with van der Waals surface area (Å²) >= 11 is 0. The summed E-state index contributed by atoms with van der Waals surface area (Å²) in [5.74, 6) is -17.6. The van der Waals surface area contributed by atoms with Crippen molar-refractivity contribution in [3.8, 4) is 0 Å². The molecule has 0 heterocycles. The molecule has 0 saturated heterocycles. The molecule has 0 atom stereocenters. The number of hydrogen-bond donors (Lipinski definition) is 0. The quantitative estimate of drug-likeness (QED) is 0.399. The number of halogens is 9. The lowest BCUT2D eigenvalue weighted by atomic mass is 10.1. The molecule has 0 aliphatic carbocycles. The van der Waals surface area contributed by atoms with Crippen LogP contribution in [0.25, 0.3) is 0 Å². The number of alkyl halides is 9. The molecule has 0 amide bonds. The summed E-state index contributed by atoms with van der Waals surface area (Å²) in [5, 5.41) is 0. The topological polar surface area (TPSA) is 52.6 Å². The minimum atomic E-state index is -6.64. The van der Waals surface area contributed by atoms with Crippen LogP contribution in [0.4, 0.5) is 39.5 Å². The summed E-state index contributed by atoms with van der Waals surface area (Å²) < 4.78 is 139.